The molecule has 1 unspecified atom stereocenters. The van der Waals surface area contributed by atoms with Crippen molar-refractivity contribution < 1.29 is 4.74 Å². The third kappa shape index (κ3) is 2.51. The van der Waals surface area contributed by atoms with Gasteiger partial charge in [-0.3, -0.25) is 14.3 Å². The monoisotopic (exact) mass is 293 g/mol. The summed E-state index contributed by atoms with van der Waals surface area (Å²) in [4.78, 5) is 19.2. The molecule has 0 radical (unpaired) electrons. The number of morpholine rings is 1. The second kappa shape index (κ2) is 5.63. The molecule has 0 N–H and O–H groups in total. The lowest BCUT2D eigenvalue weighted by atomic mass is 10.2. The standard InChI is InChI=1S/C14H19N3O2S/c1-3-16-4-5-19-11(6-16)7-17-9-15-12-10(2)8-20-13(12)14(17)18/h8-9,11H,3-7H2,1-2H3. The van der Waals surface area contributed by atoms with E-state index in [4.69, 9.17) is 4.74 Å². The number of thiophene rings is 1. The molecule has 1 aliphatic heterocycles. The number of aromatic nitrogens is 2. The largest absolute Gasteiger partial charge is 0.374 e. The Labute approximate surface area is 121 Å². The van der Waals surface area contributed by atoms with E-state index in [1.165, 1.54) is 11.3 Å². The van der Waals surface area contributed by atoms with Crippen molar-refractivity contribution in [3.63, 3.8) is 0 Å². The van der Waals surface area contributed by atoms with Crippen LogP contribution in [0.25, 0.3) is 10.2 Å². The Balaban J connectivity index is 1.84. The highest BCUT2D eigenvalue weighted by atomic mass is 32.1. The minimum Gasteiger partial charge on any atom is -0.374 e. The van der Waals surface area contributed by atoms with E-state index in [-0.39, 0.29) is 11.7 Å². The van der Waals surface area contributed by atoms with Crippen LogP contribution in [0, 0.1) is 6.92 Å². The highest BCUT2D eigenvalue weighted by molar-refractivity contribution is 7.17. The van der Waals surface area contributed by atoms with E-state index in [2.05, 4.69) is 16.8 Å². The van der Waals surface area contributed by atoms with Crippen LogP contribution >= 0.6 is 11.3 Å². The molecule has 0 aliphatic carbocycles. The van der Waals surface area contributed by atoms with Crippen LogP contribution in [0.3, 0.4) is 0 Å². The molecule has 3 heterocycles. The number of hydrogen-bond donors (Lipinski definition) is 0. The second-order valence-corrected chi connectivity index (χ2v) is 6.06. The summed E-state index contributed by atoms with van der Waals surface area (Å²) in [5.74, 6) is 0. The Bertz CT molecular complexity index is 664. The Morgan fingerprint density at radius 1 is 1.55 bits per heavy atom. The molecule has 1 aliphatic rings. The van der Waals surface area contributed by atoms with E-state index >= 15 is 0 Å². The molecule has 0 spiro atoms. The van der Waals surface area contributed by atoms with Crippen LogP contribution in [-0.2, 0) is 11.3 Å². The van der Waals surface area contributed by atoms with Crippen LogP contribution in [0.2, 0.25) is 0 Å². The minimum atomic E-state index is 0.0466. The van der Waals surface area contributed by atoms with Crippen molar-refractivity contribution >= 4 is 21.6 Å². The van der Waals surface area contributed by atoms with Gasteiger partial charge in [0.25, 0.3) is 5.56 Å². The summed E-state index contributed by atoms with van der Waals surface area (Å²) >= 11 is 1.47. The minimum absolute atomic E-state index is 0.0466. The molecule has 0 amide bonds. The van der Waals surface area contributed by atoms with Crippen molar-refractivity contribution in [3.8, 4) is 0 Å². The zero-order chi connectivity index (χ0) is 14.1. The second-order valence-electron chi connectivity index (χ2n) is 5.18. The summed E-state index contributed by atoms with van der Waals surface area (Å²) in [6, 6.07) is 0. The predicted molar refractivity (Wildman–Crippen MR) is 80.5 cm³/mol. The Morgan fingerprint density at radius 3 is 3.20 bits per heavy atom. The Morgan fingerprint density at radius 2 is 2.40 bits per heavy atom. The molecule has 108 valence electrons. The molecule has 1 saturated heterocycles. The molecule has 2 aromatic heterocycles. The van der Waals surface area contributed by atoms with Crippen molar-refractivity contribution in [2.45, 2.75) is 26.5 Å². The quantitative estimate of drug-likeness (QED) is 0.860. The number of nitrogens with zero attached hydrogens (tertiary/aromatic N) is 3. The summed E-state index contributed by atoms with van der Waals surface area (Å²) < 4.78 is 8.19. The van der Waals surface area contributed by atoms with Gasteiger partial charge in [-0.1, -0.05) is 6.92 Å². The van der Waals surface area contributed by atoms with E-state index in [0.29, 0.717) is 6.54 Å². The van der Waals surface area contributed by atoms with Gasteiger partial charge in [0.15, 0.2) is 0 Å². The van der Waals surface area contributed by atoms with E-state index in [1.807, 2.05) is 12.3 Å². The first-order valence-corrected chi connectivity index (χ1v) is 7.84. The van der Waals surface area contributed by atoms with E-state index in [9.17, 15) is 4.79 Å². The average molecular weight is 293 g/mol. The lowest BCUT2D eigenvalue weighted by molar-refractivity contribution is -0.0347. The van der Waals surface area contributed by atoms with Crippen molar-refractivity contribution in [2.75, 3.05) is 26.2 Å². The van der Waals surface area contributed by atoms with E-state index < -0.39 is 0 Å². The molecule has 1 fully saturated rings. The van der Waals surface area contributed by atoms with Crippen LogP contribution < -0.4 is 5.56 Å². The summed E-state index contributed by atoms with van der Waals surface area (Å²) in [5.41, 5.74) is 1.95. The van der Waals surface area contributed by atoms with Gasteiger partial charge in [-0.25, -0.2) is 4.98 Å². The van der Waals surface area contributed by atoms with Gasteiger partial charge in [0, 0.05) is 13.1 Å². The van der Waals surface area contributed by atoms with Crippen molar-refractivity contribution in [2.24, 2.45) is 0 Å². The van der Waals surface area contributed by atoms with Crippen molar-refractivity contribution in [3.05, 3.63) is 27.6 Å². The predicted octanol–water partition coefficient (Wildman–Crippen LogP) is 1.49. The molecule has 0 bridgehead atoms. The highest BCUT2D eigenvalue weighted by Crippen LogP contribution is 2.19. The summed E-state index contributed by atoms with van der Waals surface area (Å²) in [7, 11) is 0. The number of hydrogen-bond acceptors (Lipinski definition) is 5. The molecule has 20 heavy (non-hydrogen) atoms. The highest BCUT2D eigenvalue weighted by Gasteiger charge is 2.20. The van der Waals surface area contributed by atoms with E-state index in [0.717, 1.165) is 42.0 Å². The van der Waals surface area contributed by atoms with Crippen molar-refractivity contribution in [1.29, 1.82) is 0 Å². The molecule has 1 atom stereocenters. The Hall–Kier alpha value is -1.24. The summed E-state index contributed by atoms with van der Waals surface area (Å²) in [6.07, 6.45) is 1.72. The van der Waals surface area contributed by atoms with Crippen LogP contribution in [-0.4, -0.2) is 46.8 Å². The fourth-order valence-corrected chi connectivity index (χ4v) is 3.54. The number of likely N-dealkylation sites (N-methyl/N-ethyl adjacent to an activating group) is 1. The zero-order valence-electron chi connectivity index (χ0n) is 11.8. The van der Waals surface area contributed by atoms with Gasteiger partial charge in [0.05, 0.1) is 31.1 Å². The molecular formula is C14H19N3O2S. The number of ether oxygens (including phenoxy) is 1. The van der Waals surface area contributed by atoms with Gasteiger partial charge < -0.3 is 4.74 Å². The fraction of sp³-hybridized carbons (Fsp3) is 0.571. The number of rotatable bonds is 3. The summed E-state index contributed by atoms with van der Waals surface area (Å²) in [5, 5.41) is 1.99. The van der Waals surface area contributed by atoms with Gasteiger partial charge >= 0.3 is 0 Å². The van der Waals surface area contributed by atoms with Gasteiger partial charge in [-0.05, 0) is 24.4 Å². The van der Waals surface area contributed by atoms with Gasteiger partial charge in [0.1, 0.15) is 4.70 Å². The molecular weight excluding hydrogens is 274 g/mol. The molecule has 5 nitrogen and oxygen atoms in total. The maximum absolute atomic E-state index is 12.4. The van der Waals surface area contributed by atoms with Crippen LogP contribution in [0.15, 0.2) is 16.5 Å². The van der Waals surface area contributed by atoms with E-state index in [1.54, 1.807) is 10.9 Å². The third-order valence-electron chi connectivity index (χ3n) is 3.79. The number of aryl methyl sites for hydroxylation is 1. The first-order chi connectivity index (χ1) is 9.69. The fourth-order valence-electron chi connectivity index (χ4n) is 2.59. The normalized spacial score (nSPS) is 20.6. The Kier molecular flexibility index (Phi) is 3.87. The first-order valence-electron chi connectivity index (χ1n) is 6.96. The summed E-state index contributed by atoms with van der Waals surface area (Å²) in [6.45, 7) is 8.33. The number of fused-ring (bicyclic) bond motifs is 1. The van der Waals surface area contributed by atoms with Crippen molar-refractivity contribution in [1.82, 2.24) is 14.5 Å². The average Bonchev–Trinajstić information content (AvgIpc) is 2.84. The molecule has 0 saturated carbocycles. The topological polar surface area (TPSA) is 47.4 Å². The third-order valence-corrected chi connectivity index (χ3v) is 4.87. The molecule has 6 heteroatoms. The van der Waals surface area contributed by atoms with Gasteiger partial charge in [-0.2, -0.15) is 0 Å². The SMILES string of the molecule is CCN1CCOC(Cn2cnc3c(C)csc3c2=O)C1. The van der Waals surface area contributed by atoms with Gasteiger partial charge in [-0.15, -0.1) is 11.3 Å². The zero-order valence-corrected chi connectivity index (χ0v) is 12.7. The lowest BCUT2D eigenvalue weighted by Gasteiger charge is -2.32. The maximum Gasteiger partial charge on any atom is 0.271 e. The smallest absolute Gasteiger partial charge is 0.271 e. The van der Waals surface area contributed by atoms with Crippen LogP contribution in [0.4, 0.5) is 0 Å². The first kappa shape index (κ1) is 13.7. The van der Waals surface area contributed by atoms with Crippen LogP contribution in [0.1, 0.15) is 12.5 Å². The molecule has 2 aromatic rings. The molecule has 0 aromatic carbocycles. The van der Waals surface area contributed by atoms with Gasteiger partial charge in [0.2, 0.25) is 0 Å². The van der Waals surface area contributed by atoms with Crippen LogP contribution in [0.5, 0.6) is 0 Å². The lowest BCUT2D eigenvalue weighted by Crippen LogP contribution is -2.45. The maximum atomic E-state index is 12.4. The molecule has 3 rings (SSSR count).